The number of carbonyl (C=O) groups is 1. The van der Waals surface area contributed by atoms with Gasteiger partial charge in [0.05, 0.1) is 0 Å². The van der Waals surface area contributed by atoms with Gasteiger partial charge in [-0.05, 0) is 11.6 Å². The van der Waals surface area contributed by atoms with Gasteiger partial charge in [-0.25, -0.2) is 4.79 Å². The number of hydrogen-bond acceptors (Lipinski definition) is 4. The third-order valence-electron chi connectivity index (χ3n) is 2.30. The van der Waals surface area contributed by atoms with E-state index < -0.39 is 24.1 Å². The van der Waals surface area contributed by atoms with Crippen molar-refractivity contribution in [2.75, 3.05) is 5.73 Å². The minimum atomic E-state index is -5.08. The molecule has 1 aromatic heterocycles. The first-order chi connectivity index (χ1) is 7.68. The fraction of sp³-hybridized carbons (Fsp3) is 0.333. The first kappa shape index (κ1) is 13.2. The van der Waals surface area contributed by atoms with Gasteiger partial charge in [0.15, 0.2) is 0 Å². The minimum Gasteiger partial charge on any atom is -0.480 e. The summed E-state index contributed by atoms with van der Waals surface area (Å²) in [6, 6.07) is 1.27. The van der Waals surface area contributed by atoms with Crippen LogP contribution in [-0.4, -0.2) is 27.8 Å². The van der Waals surface area contributed by atoms with Gasteiger partial charge in [-0.3, -0.25) is 4.98 Å². The highest BCUT2D eigenvalue weighted by Crippen LogP contribution is 2.32. The molecule has 0 aromatic carbocycles. The van der Waals surface area contributed by atoms with Gasteiger partial charge in [0.2, 0.25) is 5.54 Å². The van der Waals surface area contributed by atoms with Crippen molar-refractivity contribution in [2.45, 2.75) is 18.1 Å². The van der Waals surface area contributed by atoms with Crippen LogP contribution >= 0.6 is 0 Å². The SMILES string of the molecule is Nc1ccncc1CC(N)(C(=O)O)C(F)(F)F. The average Bonchev–Trinajstić information content (AvgIpc) is 2.19. The van der Waals surface area contributed by atoms with E-state index in [0.29, 0.717) is 0 Å². The number of nitrogens with zero attached hydrogens (tertiary/aromatic N) is 1. The summed E-state index contributed by atoms with van der Waals surface area (Å²) in [6.45, 7) is 0. The number of carboxylic acids is 1. The molecule has 0 amide bonds. The molecule has 5 N–H and O–H groups in total. The number of rotatable bonds is 3. The number of pyridine rings is 1. The average molecular weight is 249 g/mol. The molecule has 0 aliphatic carbocycles. The second kappa shape index (κ2) is 4.21. The van der Waals surface area contributed by atoms with E-state index in [4.69, 9.17) is 16.6 Å². The molecule has 1 unspecified atom stereocenters. The number of aliphatic carboxylic acids is 1. The molecule has 8 heteroatoms. The van der Waals surface area contributed by atoms with Crippen molar-refractivity contribution in [1.29, 1.82) is 0 Å². The molecule has 1 aromatic rings. The van der Waals surface area contributed by atoms with Crippen LogP contribution in [0.1, 0.15) is 5.56 Å². The Labute approximate surface area is 94.2 Å². The lowest BCUT2D eigenvalue weighted by Gasteiger charge is -2.27. The van der Waals surface area contributed by atoms with E-state index in [1.807, 2.05) is 0 Å². The van der Waals surface area contributed by atoms with Gasteiger partial charge < -0.3 is 16.6 Å². The molecule has 0 radical (unpaired) electrons. The van der Waals surface area contributed by atoms with E-state index in [9.17, 15) is 18.0 Å². The van der Waals surface area contributed by atoms with Crippen LogP contribution in [-0.2, 0) is 11.2 Å². The van der Waals surface area contributed by atoms with E-state index in [2.05, 4.69) is 4.98 Å². The summed E-state index contributed by atoms with van der Waals surface area (Å²) in [5.41, 5.74) is 6.91. The van der Waals surface area contributed by atoms with Crippen molar-refractivity contribution in [3.8, 4) is 0 Å². The molecule has 0 bridgehead atoms. The van der Waals surface area contributed by atoms with Crippen molar-refractivity contribution in [3.63, 3.8) is 0 Å². The smallest absolute Gasteiger partial charge is 0.417 e. The van der Waals surface area contributed by atoms with Crippen molar-refractivity contribution >= 4 is 11.7 Å². The predicted molar refractivity (Wildman–Crippen MR) is 53.0 cm³/mol. The highest BCUT2D eigenvalue weighted by atomic mass is 19.4. The van der Waals surface area contributed by atoms with Crippen molar-refractivity contribution in [2.24, 2.45) is 5.73 Å². The van der Waals surface area contributed by atoms with Crippen molar-refractivity contribution in [1.82, 2.24) is 4.98 Å². The summed E-state index contributed by atoms with van der Waals surface area (Å²) in [5, 5.41) is 8.61. The maximum Gasteiger partial charge on any atom is 0.417 e. The summed E-state index contributed by atoms with van der Waals surface area (Å²) in [4.78, 5) is 14.3. The molecule has 0 spiro atoms. The van der Waals surface area contributed by atoms with Gasteiger partial charge in [0, 0.05) is 24.5 Å². The third-order valence-corrected chi connectivity index (χ3v) is 2.30. The Morgan fingerprint density at radius 2 is 2.06 bits per heavy atom. The van der Waals surface area contributed by atoms with Crippen LogP contribution in [0.25, 0.3) is 0 Å². The van der Waals surface area contributed by atoms with Crippen molar-refractivity contribution in [3.05, 3.63) is 24.0 Å². The van der Waals surface area contributed by atoms with Crippen LogP contribution in [0.15, 0.2) is 18.5 Å². The monoisotopic (exact) mass is 249 g/mol. The predicted octanol–water partition coefficient (Wildman–Crippen LogP) is 0.551. The van der Waals surface area contributed by atoms with E-state index in [0.717, 1.165) is 6.20 Å². The highest BCUT2D eigenvalue weighted by Gasteiger charge is 2.58. The Morgan fingerprint density at radius 3 is 2.47 bits per heavy atom. The lowest BCUT2D eigenvalue weighted by Crippen LogP contribution is -2.61. The molecule has 0 aliphatic rings. The number of nitrogens with two attached hydrogens (primary N) is 2. The standard InChI is InChI=1S/C9H10F3N3O2/c10-9(11,12)8(14,7(16)17)3-5-4-15-2-1-6(5)13/h1-2,4H,3,14H2,(H2,13,15)(H,16,17). The molecule has 1 atom stereocenters. The van der Waals surface area contributed by atoms with Gasteiger partial charge in [-0.15, -0.1) is 0 Å². The molecule has 0 fully saturated rings. The van der Waals surface area contributed by atoms with Crippen LogP contribution in [0.5, 0.6) is 0 Å². The zero-order chi connectivity index (χ0) is 13.3. The quantitative estimate of drug-likeness (QED) is 0.726. The molecule has 0 saturated heterocycles. The Morgan fingerprint density at radius 1 is 1.47 bits per heavy atom. The zero-order valence-electron chi connectivity index (χ0n) is 8.53. The van der Waals surface area contributed by atoms with E-state index in [1.165, 1.54) is 12.3 Å². The molecule has 5 nitrogen and oxygen atoms in total. The van der Waals surface area contributed by atoms with Crippen molar-refractivity contribution < 1.29 is 23.1 Å². The van der Waals surface area contributed by atoms with Crippen LogP contribution in [0.3, 0.4) is 0 Å². The number of aromatic nitrogens is 1. The Balaban J connectivity index is 3.13. The summed E-state index contributed by atoms with van der Waals surface area (Å²) in [7, 11) is 0. The van der Waals surface area contributed by atoms with Crippen LogP contribution in [0.2, 0.25) is 0 Å². The zero-order valence-corrected chi connectivity index (χ0v) is 8.53. The number of anilines is 1. The first-order valence-corrected chi connectivity index (χ1v) is 4.46. The lowest BCUT2D eigenvalue weighted by molar-refractivity contribution is -0.201. The Hall–Kier alpha value is -1.83. The van der Waals surface area contributed by atoms with Crippen LogP contribution in [0, 0.1) is 0 Å². The number of halogens is 3. The number of carboxylic acid groups (broad SMARTS) is 1. The number of hydrogen-bond donors (Lipinski definition) is 3. The lowest BCUT2D eigenvalue weighted by atomic mass is 9.91. The molecule has 1 rings (SSSR count). The number of nitrogen functional groups attached to an aromatic ring is 1. The maximum atomic E-state index is 12.6. The minimum absolute atomic E-state index is 0.0142. The summed E-state index contributed by atoms with van der Waals surface area (Å²) >= 11 is 0. The van der Waals surface area contributed by atoms with Crippen LogP contribution in [0.4, 0.5) is 18.9 Å². The molecule has 0 saturated carbocycles. The molecular formula is C9H10F3N3O2. The molecule has 0 aliphatic heterocycles. The van der Waals surface area contributed by atoms with Gasteiger partial charge in [0.1, 0.15) is 0 Å². The molecular weight excluding hydrogens is 239 g/mol. The Kier molecular flexibility index (Phi) is 3.28. The first-order valence-electron chi connectivity index (χ1n) is 4.46. The van der Waals surface area contributed by atoms with E-state index in [1.54, 1.807) is 0 Å². The normalized spacial score (nSPS) is 15.3. The second-order valence-electron chi connectivity index (χ2n) is 3.53. The third kappa shape index (κ3) is 2.47. The second-order valence-corrected chi connectivity index (χ2v) is 3.53. The van der Waals surface area contributed by atoms with E-state index in [-0.39, 0.29) is 11.3 Å². The summed E-state index contributed by atoms with van der Waals surface area (Å²) < 4.78 is 37.8. The maximum absolute atomic E-state index is 12.6. The fourth-order valence-corrected chi connectivity index (χ4v) is 1.18. The van der Waals surface area contributed by atoms with Gasteiger partial charge >= 0.3 is 12.1 Å². The summed E-state index contributed by atoms with van der Waals surface area (Å²) in [5.74, 6) is -2.16. The molecule has 94 valence electrons. The highest BCUT2D eigenvalue weighted by molar-refractivity contribution is 5.80. The van der Waals surface area contributed by atoms with Gasteiger partial charge in [0.25, 0.3) is 0 Å². The van der Waals surface area contributed by atoms with Gasteiger partial charge in [-0.2, -0.15) is 13.2 Å². The van der Waals surface area contributed by atoms with E-state index >= 15 is 0 Å². The van der Waals surface area contributed by atoms with Crippen LogP contribution < -0.4 is 11.5 Å². The fourth-order valence-electron chi connectivity index (χ4n) is 1.18. The summed E-state index contributed by atoms with van der Waals surface area (Å²) in [6.07, 6.45) is -3.70. The topological polar surface area (TPSA) is 102 Å². The number of alkyl halides is 3. The molecule has 1 heterocycles. The molecule has 17 heavy (non-hydrogen) atoms. The Bertz CT molecular complexity index is 436. The largest absolute Gasteiger partial charge is 0.480 e. The van der Waals surface area contributed by atoms with Gasteiger partial charge in [-0.1, -0.05) is 0 Å².